The van der Waals surface area contributed by atoms with Gasteiger partial charge in [-0.3, -0.25) is 9.48 Å². The summed E-state index contributed by atoms with van der Waals surface area (Å²) < 4.78 is 44.2. The quantitative estimate of drug-likeness (QED) is 0.937. The van der Waals surface area contributed by atoms with Crippen LogP contribution in [0.2, 0.25) is 0 Å². The van der Waals surface area contributed by atoms with E-state index < -0.39 is 23.6 Å². The van der Waals surface area contributed by atoms with Gasteiger partial charge in [-0.1, -0.05) is 0 Å². The van der Waals surface area contributed by atoms with E-state index in [0.717, 1.165) is 13.3 Å². The normalized spacial score (nSPS) is 11.5. The molecule has 22 heavy (non-hydrogen) atoms. The summed E-state index contributed by atoms with van der Waals surface area (Å²) in [5.74, 6) is -1.48. The van der Waals surface area contributed by atoms with Gasteiger partial charge in [0.15, 0.2) is 5.69 Å². The molecule has 0 amide bonds. The number of rotatable bonds is 4. The summed E-state index contributed by atoms with van der Waals surface area (Å²) in [5, 5.41) is 12.7. The van der Waals surface area contributed by atoms with E-state index in [9.17, 15) is 18.0 Å². The number of alkyl halides is 3. The van der Waals surface area contributed by atoms with E-state index in [0.29, 0.717) is 16.8 Å². The molecule has 0 fully saturated rings. The van der Waals surface area contributed by atoms with Gasteiger partial charge in [-0.25, -0.2) is 4.98 Å². The first-order valence-electron chi connectivity index (χ1n) is 6.10. The molecule has 0 spiro atoms. The lowest BCUT2D eigenvalue weighted by Crippen LogP contribution is -2.10. The molecule has 0 aliphatic heterocycles. The molecule has 118 valence electrons. The van der Waals surface area contributed by atoms with Crippen molar-refractivity contribution in [3.8, 4) is 16.9 Å². The van der Waals surface area contributed by atoms with Crippen molar-refractivity contribution < 1.29 is 27.8 Å². The number of hydrogen-bond donors (Lipinski definition) is 1. The predicted molar refractivity (Wildman–Crippen MR) is 69.4 cm³/mol. The Kier molecular flexibility index (Phi) is 4.07. The van der Waals surface area contributed by atoms with Crippen LogP contribution in [0, 0.1) is 6.92 Å². The number of carboxylic acids is 1. The van der Waals surface area contributed by atoms with Crippen LogP contribution in [0.25, 0.3) is 11.1 Å². The molecule has 2 heterocycles. The van der Waals surface area contributed by atoms with Crippen LogP contribution in [0.5, 0.6) is 5.75 Å². The summed E-state index contributed by atoms with van der Waals surface area (Å²) in [4.78, 5) is 14.1. The van der Waals surface area contributed by atoms with Crippen molar-refractivity contribution >= 4 is 5.97 Å². The second kappa shape index (κ2) is 5.66. The highest BCUT2D eigenvalue weighted by Gasteiger charge is 2.36. The number of methoxy groups -OCH3 is 1. The molecule has 2 rings (SSSR count). The van der Waals surface area contributed by atoms with Gasteiger partial charge in [-0.15, -0.1) is 0 Å². The van der Waals surface area contributed by atoms with Crippen molar-refractivity contribution in [2.75, 3.05) is 7.11 Å². The van der Waals surface area contributed by atoms with Gasteiger partial charge in [-0.05, 0) is 13.0 Å². The van der Waals surface area contributed by atoms with Gasteiger partial charge in [0, 0.05) is 23.5 Å². The van der Waals surface area contributed by atoms with E-state index in [1.807, 2.05) is 0 Å². The predicted octanol–water partition coefficient (Wildman–Crippen LogP) is 2.37. The zero-order valence-electron chi connectivity index (χ0n) is 11.7. The Labute approximate surface area is 123 Å². The van der Waals surface area contributed by atoms with Crippen LogP contribution in [0.3, 0.4) is 0 Å². The third-order valence-electron chi connectivity index (χ3n) is 2.90. The molecule has 9 heteroatoms. The number of aliphatic carboxylic acids is 1. The molecule has 0 saturated heterocycles. The molecule has 6 nitrogen and oxygen atoms in total. The minimum Gasteiger partial charge on any atom is -0.494 e. The Morgan fingerprint density at radius 2 is 2.14 bits per heavy atom. The molecular formula is C13H12F3N3O3. The summed E-state index contributed by atoms with van der Waals surface area (Å²) in [6.07, 6.45) is -2.12. The molecule has 0 atom stereocenters. The molecule has 0 saturated carbocycles. The molecule has 2 aromatic heterocycles. The summed E-state index contributed by atoms with van der Waals surface area (Å²) in [6, 6.07) is 1.20. The lowest BCUT2D eigenvalue weighted by atomic mass is 10.1. The molecule has 0 aliphatic rings. The second-order valence-electron chi connectivity index (χ2n) is 4.49. The first-order chi connectivity index (χ1) is 10.2. The van der Waals surface area contributed by atoms with Crippen molar-refractivity contribution in [3.63, 3.8) is 0 Å². The van der Waals surface area contributed by atoms with Crippen LogP contribution in [0.1, 0.15) is 11.4 Å². The maximum atomic E-state index is 12.8. The number of hydrogen-bond acceptors (Lipinski definition) is 4. The number of aromatic nitrogens is 3. The third-order valence-corrected chi connectivity index (χ3v) is 2.90. The molecule has 0 unspecified atom stereocenters. The lowest BCUT2D eigenvalue weighted by molar-refractivity contribution is -0.142. The summed E-state index contributed by atoms with van der Waals surface area (Å²) in [5.41, 5.74) is 0.207. The number of pyridine rings is 1. The number of ether oxygens (including phenoxy) is 1. The minimum atomic E-state index is -4.62. The van der Waals surface area contributed by atoms with E-state index in [2.05, 4.69) is 10.1 Å². The molecule has 0 radical (unpaired) electrons. The van der Waals surface area contributed by atoms with Gasteiger partial charge in [0.2, 0.25) is 0 Å². The highest BCUT2D eigenvalue weighted by atomic mass is 19.4. The fraction of sp³-hybridized carbons (Fsp3) is 0.308. The van der Waals surface area contributed by atoms with E-state index >= 15 is 0 Å². The van der Waals surface area contributed by atoms with E-state index in [4.69, 9.17) is 9.84 Å². The Balaban J connectivity index is 2.46. The zero-order chi connectivity index (χ0) is 16.5. The van der Waals surface area contributed by atoms with E-state index in [1.165, 1.54) is 16.9 Å². The average molecular weight is 315 g/mol. The highest BCUT2D eigenvalue weighted by Crippen LogP contribution is 2.36. The molecular weight excluding hydrogens is 303 g/mol. The summed E-state index contributed by atoms with van der Waals surface area (Å²) in [7, 11) is 1.12. The monoisotopic (exact) mass is 315 g/mol. The van der Waals surface area contributed by atoms with Crippen LogP contribution in [0.15, 0.2) is 18.5 Å². The second-order valence-corrected chi connectivity index (χ2v) is 4.49. The Morgan fingerprint density at radius 3 is 2.68 bits per heavy atom. The van der Waals surface area contributed by atoms with Crippen molar-refractivity contribution in [1.82, 2.24) is 14.8 Å². The topological polar surface area (TPSA) is 77.2 Å². The van der Waals surface area contributed by atoms with Gasteiger partial charge in [0.25, 0.3) is 0 Å². The Morgan fingerprint density at radius 1 is 1.45 bits per heavy atom. The number of aryl methyl sites for hydroxylation is 1. The fourth-order valence-corrected chi connectivity index (χ4v) is 1.98. The molecule has 0 aliphatic carbocycles. The minimum absolute atomic E-state index is 0.341. The standard InChI is InChI=1S/C13H12F3N3O3/c1-7-9(5-19(18-7)6-11(20)21)8-3-10(22-2)12(17-4-8)13(14,15)16/h3-5H,6H2,1-2H3,(H,20,21). The molecule has 1 N–H and O–H groups in total. The number of nitrogens with zero attached hydrogens (tertiary/aromatic N) is 3. The SMILES string of the molecule is COc1cc(-c2cn(CC(=O)O)nc2C)cnc1C(F)(F)F. The fourth-order valence-electron chi connectivity index (χ4n) is 1.98. The van der Waals surface area contributed by atoms with Crippen LogP contribution in [-0.4, -0.2) is 33.0 Å². The number of carbonyl (C=O) groups is 1. The summed E-state index contributed by atoms with van der Waals surface area (Å²) in [6.45, 7) is 1.28. The van der Waals surface area contributed by atoms with Gasteiger partial charge in [0.1, 0.15) is 12.3 Å². The smallest absolute Gasteiger partial charge is 0.437 e. The Bertz CT molecular complexity index is 710. The van der Waals surface area contributed by atoms with Crippen LogP contribution in [-0.2, 0) is 17.5 Å². The van der Waals surface area contributed by atoms with Gasteiger partial charge in [-0.2, -0.15) is 18.3 Å². The van der Waals surface area contributed by atoms with Gasteiger partial charge >= 0.3 is 12.1 Å². The maximum absolute atomic E-state index is 12.8. The first-order valence-corrected chi connectivity index (χ1v) is 6.10. The van der Waals surface area contributed by atoms with Crippen molar-refractivity contribution in [1.29, 1.82) is 0 Å². The van der Waals surface area contributed by atoms with Crippen molar-refractivity contribution in [2.24, 2.45) is 0 Å². The zero-order valence-corrected chi connectivity index (χ0v) is 11.7. The average Bonchev–Trinajstić information content (AvgIpc) is 2.76. The van der Waals surface area contributed by atoms with Gasteiger partial charge in [0.05, 0.1) is 12.8 Å². The van der Waals surface area contributed by atoms with Crippen LogP contribution in [0.4, 0.5) is 13.2 Å². The molecule has 0 aromatic carbocycles. The highest BCUT2D eigenvalue weighted by molar-refractivity contribution is 5.69. The molecule has 2 aromatic rings. The Hall–Kier alpha value is -2.58. The van der Waals surface area contributed by atoms with Crippen LogP contribution >= 0.6 is 0 Å². The van der Waals surface area contributed by atoms with Crippen molar-refractivity contribution in [2.45, 2.75) is 19.6 Å². The molecule has 0 bridgehead atoms. The largest absolute Gasteiger partial charge is 0.494 e. The maximum Gasteiger partial charge on any atom is 0.437 e. The van der Waals surface area contributed by atoms with E-state index in [-0.39, 0.29) is 6.54 Å². The first kappa shape index (κ1) is 15.8. The lowest BCUT2D eigenvalue weighted by Gasteiger charge is -2.11. The van der Waals surface area contributed by atoms with E-state index in [1.54, 1.807) is 6.92 Å². The van der Waals surface area contributed by atoms with Crippen LogP contribution < -0.4 is 4.74 Å². The number of halogens is 3. The number of carboxylic acid groups (broad SMARTS) is 1. The van der Waals surface area contributed by atoms with Gasteiger partial charge < -0.3 is 9.84 Å². The van der Waals surface area contributed by atoms with Crippen molar-refractivity contribution in [3.05, 3.63) is 29.8 Å². The summed E-state index contributed by atoms with van der Waals surface area (Å²) >= 11 is 0. The third kappa shape index (κ3) is 3.18.